The monoisotopic (exact) mass is 457 g/mol. The van der Waals surface area contributed by atoms with Crippen LogP contribution in [0.5, 0.6) is 0 Å². The molecule has 0 aliphatic carbocycles. The Morgan fingerprint density at radius 2 is 1.90 bits per heavy atom. The van der Waals surface area contributed by atoms with Crippen molar-refractivity contribution in [1.82, 2.24) is 10.2 Å². The van der Waals surface area contributed by atoms with E-state index in [1.807, 2.05) is 25.7 Å². The van der Waals surface area contributed by atoms with Gasteiger partial charge in [0.15, 0.2) is 0 Å². The normalized spacial score (nSPS) is 24.8. The summed E-state index contributed by atoms with van der Waals surface area (Å²) in [5, 5.41) is 5.91. The highest BCUT2D eigenvalue weighted by Gasteiger charge is 2.42. The van der Waals surface area contributed by atoms with E-state index in [0.717, 1.165) is 28.6 Å². The number of nitrogens with zero attached hydrogens (tertiary/aromatic N) is 2. The van der Waals surface area contributed by atoms with Gasteiger partial charge in [0.25, 0.3) is 0 Å². The van der Waals surface area contributed by atoms with Crippen molar-refractivity contribution in [3.63, 3.8) is 0 Å². The topological polar surface area (TPSA) is 53.9 Å². The van der Waals surface area contributed by atoms with E-state index in [4.69, 9.17) is 9.73 Å². The van der Waals surface area contributed by atoms with Gasteiger partial charge in [-0.2, -0.15) is 0 Å². The highest BCUT2D eigenvalue weighted by Crippen LogP contribution is 2.30. The molecule has 2 heterocycles. The number of ether oxygens (including phenoxy) is 1. The van der Waals surface area contributed by atoms with Crippen molar-refractivity contribution >= 4 is 38.5 Å². The Kier molecular flexibility index (Phi) is 5.42. The molecule has 3 unspecified atom stereocenters. The molecule has 6 heteroatoms. The standard InChI is InChI=1S/C23H28BrN3O2/c1-14-5-10-20(27(14)22(28)29-23(2,3)4)21-25-13-19(26-21)17-7-6-16-12-18(24)9-8-15(16)11-17/h6-9,11-12,14,20-21,25H,5,10,13H2,1-4H3. The molecule has 5 nitrogen and oxygen atoms in total. The summed E-state index contributed by atoms with van der Waals surface area (Å²) in [6.07, 6.45) is 1.57. The molecule has 0 bridgehead atoms. The van der Waals surface area contributed by atoms with Gasteiger partial charge in [0.1, 0.15) is 11.8 Å². The third kappa shape index (κ3) is 4.33. The smallest absolute Gasteiger partial charge is 0.410 e. The summed E-state index contributed by atoms with van der Waals surface area (Å²) in [5.41, 5.74) is 1.68. The van der Waals surface area contributed by atoms with Gasteiger partial charge < -0.3 is 4.74 Å². The summed E-state index contributed by atoms with van der Waals surface area (Å²) >= 11 is 3.53. The molecule has 154 valence electrons. The predicted octanol–water partition coefficient (Wildman–Crippen LogP) is 5.11. The second kappa shape index (κ2) is 7.73. The van der Waals surface area contributed by atoms with Gasteiger partial charge in [-0.05, 0) is 75.1 Å². The summed E-state index contributed by atoms with van der Waals surface area (Å²) < 4.78 is 6.74. The van der Waals surface area contributed by atoms with Crippen LogP contribution in [0, 0.1) is 0 Å². The van der Waals surface area contributed by atoms with Gasteiger partial charge in [0, 0.05) is 17.1 Å². The van der Waals surface area contributed by atoms with Crippen molar-refractivity contribution in [1.29, 1.82) is 0 Å². The molecule has 1 saturated heterocycles. The zero-order valence-corrected chi connectivity index (χ0v) is 19.0. The minimum Gasteiger partial charge on any atom is -0.444 e. The second-order valence-corrected chi connectivity index (χ2v) is 9.90. The Hall–Kier alpha value is -1.92. The number of carbonyl (C=O) groups excluding carboxylic acids is 1. The number of amides is 1. The van der Waals surface area contributed by atoms with E-state index in [-0.39, 0.29) is 24.3 Å². The van der Waals surface area contributed by atoms with E-state index in [1.54, 1.807) is 0 Å². The molecule has 2 aliphatic heterocycles. The van der Waals surface area contributed by atoms with E-state index in [1.165, 1.54) is 10.8 Å². The Labute approximate surface area is 180 Å². The summed E-state index contributed by atoms with van der Waals surface area (Å²) in [5.74, 6) is 0. The van der Waals surface area contributed by atoms with Gasteiger partial charge in [-0.25, -0.2) is 4.79 Å². The summed E-state index contributed by atoms with van der Waals surface area (Å²) in [7, 11) is 0. The number of nitrogens with one attached hydrogen (secondary N) is 1. The van der Waals surface area contributed by atoms with Crippen LogP contribution in [0.3, 0.4) is 0 Å². The fourth-order valence-corrected chi connectivity index (χ4v) is 4.59. The molecule has 2 aliphatic rings. The predicted molar refractivity (Wildman–Crippen MR) is 121 cm³/mol. The number of likely N-dealkylation sites (tertiary alicyclic amines) is 1. The zero-order valence-electron chi connectivity index (χ0n) is 17.4. The van der Waals surface area contributed by atoms with Gasteiger partial charge in [-0.1, -0.05) is 34.1 Å². The molecular formula is C23H28BrN3O2. The maximum atomic E-state index is 12.8. The van der Waals surface area contributed by atoms with Crippen molar-refractivity contribution < 1.29 is 9.53 Å². The van der Waals surface area contributed by atoms with Crippen LogP contribution in [0.25, 0.3) is 10.8 Å². The molecule has 0 aromatic heterocycles. The molecule has 29 heavy (non-hydrogen) atoms. The van der Waals surface area contributed by atoms with Crippen LogP contribution < -0.4 is 5.32 Å². The molecule has 4 rings (SSSR count). The van der Waals surface area contributed by atoms with Crippen LogP contribution in [-0.2, 0) is 4.74 Å². The first kappa shape index (κ1) is 20.4. The molecule has 2 aromatic carbocycles. The molecule has 2 aromatic rings. The molecular weight excluding hydrogens is 430 g/mol. The highest BCUT2D eigenvalue weighted by molar-refractivity contribution is 9.10. The molecule has 0 radical (unpaired) electrons. The second-order valence-electron chi connectivity index (χ2n) is 8.99. The minimum atomic E-state index is -0.498. The third-order valence-electron chi connectivity index (χ3n) is 5.59. The van der Waals surface area contributed by atoms with E-state index < -0.39 is 5.60 Å². The van der Waals surface area contributed by atoms with Crippen LogP contribution >= 0.6 is 15.9 Å². The lowest BCUT2D eigenvalue weighted by Crippen LogP contribution is -2.50. The number of carbonyl (C=O) groups is 1. The summed E-state index contributed by atoms with van der Waals surface area (Å²) in [6, 6.07) is 12.9. The van der Waals surface area contributed by atoms with Crippen molar-refractivity contribution in [2.24, 2.45) is 4.99 Å². The molecule has 0 spiro atoms. The fraction of sp³-hybridized carbons (Fsp3) is 0.478. The number of rotatable bonds is 2. The van der Waals surface area contributed by atoms with Gasteiger partial charge in [0.2, 0.25) is 0 Å². The van der Waals surface area contributed by atoms with E-state index in [2.05, 4.69) is 64.6 Å². The van der Waals surface area contributed by atoms with Crippen LogP contribution in [0.1, 0.15) is 46.1 Å². The van der Waals surface area contributed by atoms with Gasteiger partial charge in [-0.3, -0.25) is 15.2 Å². The average Bonchev–Trinajstić information content (AvgIpc) is 3.26. The molecule has 0 saturated carbocycles. The van der Waals surface area contributed by atoms with Gasteiger partial charge >= 0.3 is 6.09 Å². The number of aliphatic imine (C=N–C) groups is 1. The van der Waals surface area contributed by atoms with Crippen LogP contribution in [0.4, 0.5) is 4.79 Å². The molecule has 1 N–H and O–H groups in total. The number of hydrogen-bond acceptors (Lipinski definition) is 4. The first-order valence-electron chi connectivity index (χ1n) is 10.2. The van der Waals surface area contributed by atoms with E-state index in [9.17, 15) is 4.79 Å². The van der Waals surface area contributed by atoms with Crippen molar-refractivity contribution in [2.45, 2.75) is 64.4 Å². The lowest BCUT2D eigenvalue weighted by atomic mass is 10.0. The summed E-state index contributed by atoms with van der Waals surface area (Å²) in [4.78, 5) is 19.6. The van der Waals surface area contributed by atoms with E-state index >= 15 is 0 Å². The van der Waals surface area contributed by atoms with Crippen molar-refractivity contribution in [3.05, 3.63) is 46.4 Å². The first-order chi connectivity index (χ1) is 13.7. The number of fused-ring (bicyclic) bond motifs is 1. The maximum Gasteiger partial charge on any atom is 0.410 e. The third-order valence-corrected chi connectivity index (χ3v) is 6.08. The SMILES string of the molecule is CC1CCC(C2N=C(c3ccc4cc(Br)ccc4c3)CN2)N1C(=O)OC(C)(C)C. The van der Waals surface area contributed by atoms with Crippen LogP contribution in [-0.4, -0.2) is 47.1 Å². The Morgan fingerprint density at radius 1 is 1.17 bits per heavy atom. The Morgan fingerprint density at radius 3 is 2.66 bits per heavy atom. The van der Waals surface area contributed by atoms with Crippen molar-refractivity contribution in [2.75, 3.05) is 6.54 Å². The summed E-state index contributed by atoms with van der Waals surface area (Å²) in [6.45, 7) is 8.51. The Balaban J connectivity index is 1.56. The number of benzene rings is 2. The zero-order chi connectivity index (χ0) is 20.8. The lowest BCUT2D eigenvalue weighted by molar-refractivity contribution is 0.0133. The van der Waals surface area contributed by atoms with E-state index in [0.29, 0.717) is 6.54 Å². The van der Waals surface area contributed by atoms with Crippen molar-refractivity contribution in [3.8, 4) is 0 Å². The number of hydrogen-bond donors (Lipinski definition) is 1. The molecule has 1 amide bonds. The fourth-order valence-electron chi connectivity index (χ4n) is 4.21. The first-order valence-corrected chi connectivity index (χ1v) is 11.0. The molecule has 3 atom stereocenters. The largest absolute Gasteiger partial charge is 0.444 e. The van der Waals surface area contributed by atoms with Gasteiger partial charge in [-0.15, -0.1) is 0 Å². The van der Waals surface area contributed by atoms with Crippen LogP contribution in [0.15, 0.2) is 45.9 Å². The van der Waals surface area contributed by atoms with Gasteiger partial charge in [0.05, 0.1) is 11.8 Å². The minimum absolute atomic E-state index is 0.0220. The Bertz CT molecular complexity index is 966. The highest BCUT2D eigenvalue weighted by atomic mass is 79.9. The quantitative estimate of drug-likeness (QED) is 0.681. The average molecular weight is 458 g/mol. The maximum absolute atomic E-state index is 12.8. The molecule has 1 fully saturated rings. The lowest BCUT2D eigenvalue weighted by Gasteiger charge is -2.33. The number of halogens is 1. The van der Waals surface area contributed by atoms with Crippen LogP contribution in [0.2, 0.25) is 0 Å².